The van der Waals surface area contributed by atoms with Crippen molar-refractivity contribution in [1.29, 1.82) is 0 Å². The fraction of sp³-hybridized carbons (Fsp3) is 0.667. The molecule has 1 fully saturated rings. The molecule has 4 heteroatoms. The first kappa shape index (κ1) is 11.2. The highest BCUT2D eigenvalue weighted by atomic mass is 16.4. The molecule has 0 amide bonds. The van der Waals surface area contributed by atoms with Crippen LogP contribution in [-0.2, 0) is 18.3 Å². The second kappa shape index (κ2) is 4.68. The minimum atomic E-state index is -0.631. The predicted molar refractivity (Wildman–Crippen MR) is 60.0 cm³/mol. The maximum Gasteiger partial charge on any atom is 0.306 e. The third kappa shape index (κ3) is 2.43. The molecule has 0 saturated heterocycles. The van der Waals surface area contributed by atoms with Gasteiger partial charge in [-0.1, -0.05) is 12.8 Å². The predicted octanol–water partition coefficient (Wildman–Crippen LogP) is 1.85. The molecule has 0 spiro atoms. The van der Waals surface area contributed by atoms with Gasteiger partial charge in [0.25, 0.3) is 0 Å². The van der Waals surface area contributed by atoms with Crippen molar-refractivity contribution in [2.24, 2.45) is 18.9 Å². The van der Waals surface area contributed by atoms with Crippen LogP contribution in [0.3, 0.4) is 0 Å². The first-order valence-corrected chi connectivity index (χ1v) is 5.87. The highest BCUT2D eigenvalue weighted by Crippen LogP contribution is 2.32. The zero-order valence-corrected chi connectivity index (χ0v) is 9.59. The van der Waals surface area contributed by atoms with E-state index >= 15 is 0 Å². The summed E-state index contributed by atoms with van der Waals surface area (Å²) < 4.78 is 1.77. The van der Waals surface area contributed by atoms with Crippen molar-refractivity contribution in [3.8, 4) is 0 Å². The number of carbonyl (C=O) groups is 1. The number of hydrogen-bond donors (Lipinski definition) is 1. The fourth-order valence-corrected chi connectivity index (χ4v) is 2.66. The second-order valence-electron chi connectivity index (χ2n) is 4.72. The Labute approximate surface area is 95.3 Å². The Kier molecular flexibility index (Phi) is 3.27. The number of aromatic nitrogens is 2. The van der Waals surface area contributed by atoms with E-state index in [0.717, 1.165) is 37.7 Å². The number of hydrogen-bond acceptors (Lipinski definition) is 2. The van der Waals surface area contributed by atoms with Crippen LogP contribution in [0.2, 0.25) is 0 Å². The summed E-state index contributed by atoms with van der Waals surface area (Å²) in [7, 11) is 1.89. The molecule has 1 aromatic heterocycles. The van der Waals surface area contributed by atoms with Crippen LogP contribution in [0.5, 0.6) is 0 Å². The van der Waals surface area contributed by atoms with Crippen molar-refractivity contribution >= 4 is 5.97 Å². The van der Waals surface area contributed by atoms with Crippen LogP contribution < -0.4 is 0 Å². The molecule has 0 aliphatic heterocycles. The van der Waals surface area contributed by atoms with E-state index in [0.29, 0.717) is 0 Å². The van der Waals surface area contributed by atoms with Crippen LogP contribution in [0, 0.1) is 11.8 Å². The van der Waals surface area contributed by atoms with Gasteiger partial charge in [0.05, 0.1) is 12.1 Å². The molecule has 1 heterocycles. The van der Waals surface area contributed by atoms with Crippen LogP contribution in [0.4, 0.5) is 0 Å². The maximum absolute atomic E-state index is 11.1. The van der Waals surface area contributed by atoms with E-state index in [1.54, 1.807) is 4.68 Å². The van der Waals surface area contributed by atoms with Crippen molar-refractivity contribution in [2.75, 3.05) is 0 Å². The molecule has 2 atom stereocenters. The lowest BCUT2D eigenvalue weighted by Gasteiger charge is -2.28. The molecule has 2 rings (SSSR count). The van der Waals surface area contributed by atoms with Gasteiger partial charge in [-0.2, -0.15) is 5.10 Å². The van der Waals surface area contributed by atoms with Gasteiger partial charge >= 0.3 is 5.97 Å². The van der Waals surface area contributed by atoms with E-state index in [2.05, 4.69) is 5.10 Å². The molecule has 0 radical (unpaired) electrons. The lowest BCUT2D eigenvalue weighted by molar-refractivity contribution is -0.144. The molecule has 1 aliphatic rings. The van der Waals surface area contributed by atoms with Gasteiger partial charge in [0, 0.05) is 13.2 Å². The molecule has 4 nitrogen and oxygen atoms in total. The number of rotatable bonds is 3. The Bertz CT molecular complexity index is 373. The normalized spacial score (nSPS) is 25.6. The second-order valence-corrected chi connectivity index (χ2v) is 4.72. The van der Waals surface area contributed by atoms with E-state index in [1.165, 1.54) is 0 Å². The summed E-state index contributed by atoms with van der Waals surface area (Å²) in [6.45, 7) is 0. The Morgan fingerprint density at radius 2 is 2.31 bits per heavy atom. The Hall–Kier alpha value is -1.32. The summed E-state index contributed by atoms with van der Waals surface area (Å²) in [5.41, 5.74) is 1.15. The highest BCUT2D eigenvalue weighted by Gasteiger charge is 2.30. The Balaban J connectivity index is 2.03. The number of carboxylic acid groups (broad SMARTS) is 1. The fourth-order valence-electron chi connectivity index (χ4n) is 2.66. The summed E-state index contributed by atoms with van der Waals surface area (Å²) in [4.78, 5) is 11.1. The maximum atomic E-state index is 11.1. The highest BCUT2D eigenvalue weighted by molar-refractivity contribution is 5.70. The molecular formula is C12H18N2O2. The van der Waals surface area contributed by atoms with Gasteiger partial charge in [0.15, 0.2) is 0 Å². The lowest BCUT2D eigenvalue weighted by Crippen LogP contribution is -2.28. The van der Waals surface area contributed by atoms with Crippen molar-refractivity contribution in [1.82, 2.24) is 9.78 Å². The van der Waals surface area contributed by atoms with Gasteiger partial charge < -0.3 is 5.11 Å². The zero-order valence-electron chi connectivity index (χ0n) is 9.59. The summed E-state index contributed by atoms with van der Waals surface area (Å²) >= 11 is 0. The third-order valence-electron chi connectivity index (χ3n) is 3.48. The topological polar surface area (TPSA) is 55.1 Å². The van der Waals surface area contributed by atoms with Crippen LogP contribution in [0.1, 0.15) is 31.2 Å². The molecule has 1 aromatic rings. The van der Waals surface area contributed by atoms with E-state index < -0.39 is 5.97 Å². The van der Waals surface area contributed by atoms with Crippen molar-refractivity contribution in [2.45, 2.75) is 32.1 Å². The zero-order chi connectivity index (χ0) is 11.5. The molecule has 1 N–H and O–H groups in total. The summed E-state index contributed by atoms with van der Waals surface area (Å²) in [6.07, 6.45) is 8.76. The monoisotopic (exact) mass is 222 g/mol. The number of nitrogens with zero attached hydrogens (tertiary/aromatic N) is 2. The van der Waals surface area contributed by atoms with Gasteiger partial charge in [0.1, 0.15) is 0 Å². The molecular weight excluding hydrogens is 204 g/mol. The molecule has 1 saturated carbocycles. The SMILES string of the molecule is Cn1cc(CC2CCCCC2C(=O)O)cn1. The average molecular weight is 222 g/mol. The molecule has 1 aliphatic carbocycles. The molecule has 0 aromatic carbocycles. The average Bonchev–Trinajstić information content (AvgIpc) is 2.64. The molecule has 0 bridgehead atoms. The van der Waals surface area contributed by atoms with Crippen LogP contribution in [0.25, 0.3) is 0 Å². The Morgan fingerprint density at radius 1 is 1.56 bits per heavy atom. The Morgan fingerprint density at radius 3 is 2.94 bits per heavy atom. The van der Waals surface area contributed by atoms with Gasteiger partial charge in [-0.05, 0) is 30.7 Å². The lowest BCUT2D eigenvalue weighted by atomic mass is 9.76. The molecule has 2 unspecified atom stereocenters. The minimum Gasteiger partial charge on any atom is -0.481 e. The molecule has 88 valence electrons. The summed E-state index contributed by atoms with van der Waals surface area (Å²) in [6, 6.07) is 0. The minimum absolute atomic E-state index is 0.158. The van der Waals surface area contributed by atoms with Crippen molar-refractivity contribution in [3.63, 3.8) is 0 Å². The summed E-state index contributed by atoms with van der Waals surface area (Å²) in [5.74, 6) is -0.502. The van der Waals surface area contributed by atoms with Crippen LogP contribution in [0.15, 0.2) is 12.4 Å². The molecule has 16 heavy (non-hydrogen) atoms. The number of aryl methyl sites for hydroxylation is 1. The first-order valence-electron chi connectivity index (χ1n) is 5.87. The summed E-state index contributed by atoms with van der Waals surface area (Å²) in [5, 5.41) is 13.3. The van der Waals surface area contributed by atoms with E-state index in [4.69, 9.17) is 0 Å². The van der Waals surface area contributed by atoms with Gasteiger partial charge in [0.2, 0.25) is 0 Å². The smallest absolute Gasteiger partial charge is 0.306 e. The van der Waals surface area contributed by atoms with Gasteiger partial charge in [-0.3, -0.25) is 9.48 Å². The van der Waals surface area contributed by atoms with Crippen molar-refractivity contribution < 1.29 is 9.90 Å². The standard InChI is InChI=1S/C12H18N2O2/c1-14-8-9(7-13-14)6-10-4-2-3-5-11(10)12(15)16/h7-8,10-11H,2-6H2,1H3,(H,15,16). The van der Waals surface area contributed by atoms with Crippen LogP contribution in [-0.4, -0.2) is 20.9 Å². The first-order chi connectivity index (χ1) is 7.66. The van der Waals surface area contributed by atoms with E-state index in [-0.39, 0.29) is 11.8 Å². The third-order valence-corrected chi connectivity index (χ3v) is 3.48. The van der Waals surface area contributed by atoms with Gasteiger partial charge in [-0.25, -0.2) is 0 Å². The van der Waals surface area contributed by atoms with Crippen molar-refractivity contribution in [3.05, 3.63) is 18.0 Å². The quantitative estimate of drug-likeness (QED) is 0.849. The van der Waals surface area contributed by atoms with Crippen LogP contribution >= 0.6 is 0 Å². The van der Waals surface area contributed by atoms with Gasteiger partial charge in [-0.15, -0.1) is 0 Å². The van der Waals surface area contributed by atoms with E-state index in [1.807, 2.05) is 19.4 Å². The number of carboxylic acids is 1. The van der Waals surface area contributed by atoms with E-state index in [9.17, 15) is 9.90 Å². The largest absolute Gasteiger partial charge is 0.481 e. The number of aliphatic carboxylic acids is 1.